The first-order chi connectivity index (χ1) is 17.0. The molecule has 1 N–H and O–H groups in total. The van der Waals surface area contributed by atoms with Gasteiger partial charge in [-0.15, -0.1) is 10.2 Å². The first kappa shape index (κ1) is 24.5. The van der Waals surface area contributed by atoms with Crippen LogP contribution >= 0.6 is 11.8 Å². The number of aryl methyl sites for hydroxylation is 1. The molecule has 0 aliphatic carbocycles. The van der Waals surface area contributed by atoms with Crippen LogP contribution in [0.15, 0.2) is 78.0 Å². The summed E-state index contributed by atoms with van der Waals surface area (Å²) in [5, 5.41) is 12.5. The van der Waals surface area contributed by atoms with E-state index in [1.807, 2.05) is 53.1 Å². The predicted octanol–water partition coefficient (Wildman–Crippen LogP) is 6.50. The van der Waals surface area contributed by atoms with Crippen LogP contribution in [0.3, 0.4) is 0 Å². The number of benzene rings is 3. The molecule has 4 aromatic rings. The Morgan fingerprint density at radius 1 is 1.00 bits per heavy atom. The van der Waals surface area contributed by atoms with E-state index in [0.717, 1.165) is 29.1 Å². The maximum absolute atomic E-state index is 12.7. The highest BCUT2D eigenvalue weighted by Gasteiger charge is 2.17. The molecule has 0 saturated carbocycles. The number of methoxy groups -OCH3 is 1. The molecule has 0 fully saturated rings. The van der Waals surface area contributed by atoms with Gasteiger partial charge in [0.05, 0.1) is 12.9 Å². The Morgan fingerprint density at radius 3 is 2.31 bits per heavy atom. The number of carbonyl (C=O) groups is 1. The number of thioether (sulfide) groups is 1. The number of ether oxygens (including phenoxy) is 1. The van der Waals surface area contributed by atoms with Gasteiger partial charge in [0, 0.05) is 16.9 Å². The second-order valence-corrected chi connectivity index (χ2v) is 9.42. The summed E-state index contributed by atoms with van der Waals surface area (Å²) >= 11 is 1.36. The molecule has 4 rings (SSSR count). The van der Waals surface area contributed by atoms with Crippen LogP contribution in [0.4, 0.5) is 5.69 Å². The second kappa shape index (κ2) is 11.2. The Labute approximate surface area is 210 Å². The lowest BCUT2D eigenvalue weighted by Crippen LogP contribution is -2.14. The van der Waals surface area contributed by atoms with Crippen molar-refractivity contribution in [1.82, 2.24) is 14.8 Å². The number of rotatable bonds is 9. The Morgan fingerprint density at radius 2 is 1.69 bits per heavy atom. The topological polar surface area (TPSA) is 69.0 Å². The van der Waals surface area contributed by atoms with Crippen molar-refractivity contribution in [3.63, 3.8) is 0 Å². The molecular formula is C28H30N4O2S. The molecule has 0 bridgehead atoms. The molecule has 1 heterocycles. The number of anilines is 1. The molecule has 0 radical (unpaired) electrons. The lowest BCUT2D eigenvalue weighted by atomic mass is 9.99. The van der Waals surface area contributed by atoms with Gasteiger partial charge in [0.25, 0.3) is 0 Å². The Kier molecular flexibility index (Phi) is 7.87. The van der Waals surface area contributed by atoms with Crippen LogP contribution in [-0.4, -0.2) is 33.5 Å². The number of hydrogen-bond acceptors (Lipinski definition) is 5. The van der Waals surface area contributed by atoms with Crippen LogP contribution in [0.25, 0.3) is 17.1 Å². The van der Waals surface area contributed by atoms with Crippen molar-refractivity contribution in [3.05, 3.63) is 83.9 Å². The second-order valence-electron chi connectivity index (χ2n) is 8.47. The molecule has 0 saturated heterocycles. The average Bonchev–Trinajstić information content (AvgIpc) is 3.32. The number of amides is 1. The zero-order valence-electron chi connectivity index (χ0n) is 20.5. The molecule has 0 aliphatic rings. The van der Waals surface area contributed by atoms with Crippen molar-refractivity contribution < 1.29 is 9.53 Å². The van der Waals surface area contributed by atoms with Gasteiger partial charge in [-0.25, -0.2) is 0 Å². The maximum Gasteiger partial charge on any atom is 0.234 e. The van der Waals surface area contributed by atoms with E-state index in [1.54, 1.807) is 7.11 Å². The van der Waals surface area contributed by atoms with E-state index in [4.69, 9.17) is 4.74 Å². The molecule has 0 unspecified atom stereocenters. The van der Waals surface area contributed by atoms with Crippen LogP contribution in [-0.2, 0) is 4.79 Å². The van der Waals surface area contributed by atoms with Crippen molar-refractivity contribution >= 4 is 23.4 Å². The van der Waals surface area contributed by atoms with E-state index >= 15 is 0 Å². The first-order valence-corrected chi connectivity index (χ1v) is 12.7. The Balaban J connectivity index is 1.53. The van der Waals surface area contributed by atoms with E-state index < -0.39 is 0 Å². The summed E-state index contributed by atoms with van der Waals surface area (Å²) in [6.45, 7) is 6.43. The van der Waals surface area contributed by atoms with E-state index in [1.165, 1.54) is 22.9 Å². The van der Waals surface area contributed by atoms with Gasteiger partial charge in [0.1, 0.15) is 5.75 Å². The molecule has 3 aromatic carbocycles. The highest BCUT2D eigenvalue weighted by molar-refractivity contribution is 7.99. The van der Waals surface area contributed by atoms with Crippen molar-refractivity contribution in [3.8, 4) is 22.8 Å². The van der Waals surface area contributed by atoms with E-state index in [-0.39, 0.29) is 11.7 Å². The average molecular weight is 487 g/mol. The number of carbonyl (C=O) groups excluding carboxylic acids is 1. The van der Waals surface area contributed by atoms with Gasteiger partial charge in [0.15, 0.2) is 11.0 Å². The Bertz CT molecular complexity index is 1270. The lowest BCUT2D eigenvalue weighted by molar-refractivity contribution is -0.113. The summed E-state index contributed by atoms with van der Waals surface area (Å²) < 4.78 is 7.27. The van der Waals surface area contributed by atoms with Gasteiger partial charge in [-0.1, -0.05) is 55.4 Å². The largest absolute Gasteiger partial charge is 0.497 e. The molecular weight excluding hydrogens is 456 g/mol. The lowest BCUT2D eigenvalue weighted by Gasteiger charge is -2.12. The van der Waals surface area contributed by atoms with Gasteiger partial charge < -0.3 is 10.1 Å². The number of nitrogens with one attached hydrogen (secondary N) is 1. The third-order valence-electron chi connectivity index (χ3n) is 5.98. The fourth-order valence-electron chi connectivity index (χ4n) is 3.67. The first-order valence-electron chi connectivity index (χ1n) is 11.7. The molecule has 0 aliphatic heterocycles. The summed E-state index contributed by atoms with van der Waals surface area (Å²) in [5.41, 5.74) is 5.09. The smallest absolute Gasteiger partial charge is 0.234 e. The quantitative estimate of drug-likeness (QED) is 0.274. The predicted molar refractivity (Wildman–Crippen MR) is 143 cm³/mol. The third kappa shape index (κ3) is 5.92. The zero-order chi connectivity index (χ0) is 24.8. The van der Waals surface area contributed by atoms with Crippen LogP contribution < -0.4 is 10.1 Å². The summed E-state index contributed by atoms with van der Waals surface area (Å²) in [6, 6.07) is 24.0. The normalized spacial score (nSPS) is 11.8. The van der Waals surface area contributed by atoms with Crippen molar-refractivity contribution in [1.29, 1.82) is 0 Å². The van der Waals surface area contributed by atoms with Gasteiger partial charge in [0.2, 0.25) is 5.91 Å². The van der Waals surface area contributed by atoms with E-state index in [0.29, 0.717) is 16.9 Å². The monoisotopic (exact) mass is 486 g/mol. The van der Waals surface area contributed by atoms with Crippen molar-refractivity contribution in [2.24, 2.45) is 0 Å². The molecule has 1 atom stereocenters. The minimum absolute atomic E-state index is 0.0873. The van der Waals surface area contributed by atoms with Gasteiger partial charge in [-0.3, -0.25) is 9.36 Å². The van der Waals surface area contributed by atoms with Crippen molar-refractivity contribution in [2.45, 2.75) is 38.3 Å². The molecule has 1 amide bonds. The fraction of sp³-hybridized carbons (Fsp3) is 0.250. The minimum atomic E-state index is -0.0873. The molecule has 6 nitrogen and oxygen atoms in total. The minimum Gasteiger partial charge on any atom is -0.497 e. The van der Waals surface area contributed by atoms with Crippen LogP contribution in [0.1, 0.15) is 37.3 Å². The molecule has 1 aromatic heterocycles. The van der Waals surface area contributed by atoms with Crippen LogP contribution in [0, 0.1) is 6.92 Å². The number of hydrogen-bond donors (Lipinski definition) is 1. The van der Waals surface area contributed by atoms with Crippen LogP contribution in [0.2, 0.25) is 0 Å². The summed E-state index contributed by atoms with van der Waals surface area (Å²) in [5.74, 6) is 2.12. The highest BCUT2D eigenvalue weighted by atomic mass is 32.2. The van der Waals surface area contributed by atoms with E-state index in [9.17, 15) is 4.79 Å². The van der Waals surface area contributed by atoms with Crippen LogP contribution in [0.5, 0.6) is 5.75 Å². The van der Waals surface area contributed by atoms with E-state index in [2.05, 4.69) is 60.6 Å². The molecule has 35 heavy (non-hydrogen) atoms. The SMILES string of the molecule is CC[C@H](C)c1ccc(NC(=O)CSc2nnc(-c3ccc(OC)cc3)n2-c2ccc(C)cc2)cc1. The summed E-state index contributed by atoms with van der Waals surface area (Å²) in [4.78, 5) is 12.7. The third-order valence-corrected chi connectivity index (χ3v) is 6.91. The highest BCUT2D eigenvalue weighted by Crippen LogP contribution is 2.29. The van der Waals surface area contributed by atoms with Gasteiger partial charge >= 0.3 is 0 Å². The van der Waals surface area contributed by atoms with Crippen molar-refractivity contribution in [2.75, 3.05) is 18.2 Å². The Hall–Kier alpha value is -3.58. The standard InChI is InChI=1S/C28H30N4O2S/c1-5-20(3)21-8-12-23(13-9-21)29-26(33)18-35-28-31-30-27(22-10-16-25(34-4)17-11-22)32(28)24-14-6-19(2)7-15-24/h6-17,20H,5,18H2,1-4H3,(H,29,33)/t20-/m0/s1. The number of nitrogens with zero attached hydrogens (tertiary/aromatic N) is 3. The fourth-order valence-corrected chi connectivity index (χ4v) is 4.43. The molecule has 180 valence electrons. The zero-order valence-corrected chi connectivity index (χ0v) is 21.3. The summed E-state index contributed by atoms with van der Waals surface area (Å²) in [7, 11) is 1.64. The maximum atomic E-state index is 12.7. The van der Waals surface area contributed by atoms with Gasteiger partial charge in [-0.05, 0) is 73.4 Å². The van der Waals surface area contributed by atoms with Gasteiger partial charge in [-0.2, -0.15) is 0 Å². The summed E-state index contributed by atoms with van der Waals surface area (Å²) in [6.07, 6.45) is 1.09. The molecule has 0 spiro atoms. The molecule has 7 heteroatoms. The number of aromatic nitrogens is 3.